The molecule has 1 aromatic heterocycles. The third-order valence-corrected chi connectivity index (χ3v) is 5.53. The Morgan fingerprint density at radius 2 is 2.11 bits per heavy atom. The van der Waals surface area contributed by atoms with Gasteiger partial charge in [0.2, 0.25) is 0 Å². The molecule has 1 N–H and O–H groups in total. The van der Waals surface area contributed by atoms with Crippen LogP contribution in [0.1, 0.15) is 43.2 Å². The molecule has 1 saturated heterocycles. The molecule has 1 spiro atoms. The molecule has 3 heteroatoms. The first-order chi connectivity index (χ1) is 8.77. The van der Waals surface area contributed by atoms with Gasteiger partial charge in [-0.25, -0.2) is 0 Å². The second kappa shape index (κ2) is 5.32. The maximum Gasteiger partial charge on any atom is 0.0309 e. The van der Waals surface area contributed by atoms with Crippen LogP contribution in [0.25, 0.3) is 0 Å². The fraction of sp³-hybridized carbons (Fsp3) is 0.733. The Morgan fingerprint density at radius 3 is 2.83 bits per heavy atom. The molecule has 0 amide bonds. The van der Waals surface area contributed by atoms with Crippen LogP contribution in [-0.4, -0.2) is 30.1 Å². The highest BCUT2D eigenvalue weighted by molar-refractivity contribution is 7.08. The maximum atomic E-state index is 3.82. The van der Waals surface area contributed by atoms with Gasteiger partial charge in [-0.2, -0.15) is 11.3 Å². The molecule has 0 radical (unpaired) electrons. The number of thiophene rings is 1. The quantitative estimate of drug-likeness (QED) is 0.882. The lowest BCUT2D eigenvalue weighted by molar-refractivity contribution is 0.0945. The molecule has 2 nitrogen and oxygen atoms in total. The molecule has 2 fully saturated rings. The molecular weight excluding hydrogens is 240 g/mol. The Bertz CT molecular complexity index is 387. The number of hydrogen-bond acceptors (Lipinski definition) is 3. The predicted octanol–water partition coefficient (Wildman–Crippen LogP) is 3.16. The van der Waals surface area contributed by atoms with Crippen molar-refractivity contribution in [3.05, 3.63) is 21.9 Å². The van der Waals surface area contributed by atoms with Gasteiger partial charge in [0.1, 0.15) is 0 Å². The number of hydrogen-bond donors (Lipinski definition) is 1. The average Bonchev–Trinajstić information content (AvgIpc) is 2.76. The van der Waals surface area contributed by atoms with Crippen LogP contribution in [-0.2, 0) is 6.54 Å². The van der Waals surface area contributed by atoms with Crippen molar-refractivity contribution in [3.63, 3.8) is 0 Å². The summed E-state index contributed by atoms with van der Waals surface area (Å²) in [7, 11) is 0. The van der Waals surface area contributed by atoms with E-state index >= 15 is 0 Å². The highest BCUT2D eigenvalue weighted by Gasteiger charge is 2.35. The topological polar surface area (TPSA) is 15.3 Å². The molecule has 18 heavy (non-hydrogen) atoms. The fourth-order valence-electron chi connectivity index (χ4n) is 3.53. The van der Waals surface area contributed by atoms with Crippen LogP contribution in [0.2, 0.25) is 0 Å². The summed E-state index contributed by atoms with van der Waals surface area (Å²) in [6.07, 6.45) is 7.03. The van der Waals surface area contributed by atoms with Gasteiger partial charge in [-0.1, -0.05) is 19.3 Å². The van der Waals surface area contributed by atoms with Crippen LogP contribution in [0.4, 0.5) is 0 Å². The summed E-state index contributed by atoms with van der Waals surface area (Å²) in [6.45, 7) is 7.02. The molecule has 2 aliphatic rings. The number of aryl methyl sites for hydroxylation is 1. The Morgan fingerprint density at radius 1 is 1.28 bits per heavy atom. The van der Waals surface area contributed by atoms with Crippen molar-refractivity contribution in [2.75, 3.05) is 19.6 Å². The summed E-state index contributed by atoms with van der Waals surface area (Å²) < 4.78 is 0. The number of nitrogens with zero attached hydrogens (tertiary/aromatic N) is 1. The summed E-state index contributed by atoms with van der Waals surface area (Å²) in [5.41, 5.74) is 3.45. The highest BCUT2D eigenvalue weighted by Crippen LogP contribution is 2.31. The van der Waals surface area contributed by atoms with E-state index in [0.717, 1.165) is 6.54 Å². The van der Waals surface area contributed by atoms with Gasteiger partial charge in [0.15, 0.2) is 0 Å². The highest BCUT2D eigenvalue weighted by atomic mass is 32.1. The van der Waals surface area contributed by atoms with Gasteiger partial charge in [-0.15, -0.1) is 0 Å². The van der Waals surface area contributed by atoms with E-state index in [1.807, 2.05) is 11.3 Å². The van der Waals surface area contributed by atoms with Gasteiger partial charge in [-0.05, 0) is 41.7 Å². The zero-order valence-corrected chi connectivity index (χ0v) is 12.2. The van der Waals surface area contributed by atoms with Crippen molar-refractivity contribution in [1.29, 1.82) is 0 Å². The van der Waals surface area contributed by atoms with Crippen molar-refractivity contribution in [2.45, 2.75) is 51.1 Å². The van der Waals surface area contributed by atoms with Crippen molar-refractivity contribution < 1.29 is 0 Å². The number of piperazine rings is 1. The molecule has 0 unspecified atom stereocenters. The summed E-state index contributed by atoms with van der Waals surface area (Å²) in [6, 6.07) is 0. The van der Waals surface area contributed by atoms with Crippen LogP contribution in [0.15, 0.2) is 10.8 Å². The fourth-order valence-corrected chi connectivity index (χ4v) is 4.38. The summed E-state index contributed by atoms with van der Waals surface area (Å²) in [5.74, 6) is 0. The minimum atomic E-state index is 0.445. The van der Waals surface area contributed by atoms with E-state index < -0.39 is 0 Å². The molecule has 100 valence electrons. The summed E-state index contributed by atoms with van der Waals surface area (Å²) >= 11 is 1.84. The summed E-state index contributed by atoms with van der Waals surface area (Å²) in [4.78, 5) is 2.66. The lowest BCUT2D eigenvalue weighted by atomic mass is 9.80. The molecular formula is C15H24N2S. The van der Waals surface area contributed by atoms with Gasteiger partial charge in [0.25, 0.3) is 0 Å². The molecule has 0 atom stereocenters. The van der Waals surface area contributed by atoms with E-state index in [0.29, 0.717) is 5.54 Å². The third kappa shape index (κ3) is 2.63. The molecule has 1 aromatic rings. The maximum absolute atomic E-state index is 3.82. The third-order valence-electron chi connectivity index (χ3n) is 4.62. The van der Waals surface area contributed by atoms with Crippen molar-refractivity contribution in [2.24, 2.45) is 0 Å². The van der Waals surface area contributed by atoms with E-state index in [2.05, 4.69) is 27.9 Å². The monoisotopic (exact) mass is 264 g/mol. The Balaban J connectivity index is 1.65. The lowest BCUT2D eigenvalue weighted by Crippen LogP contribution is -2.60. The van der Waals surface area contributed by atoms with Crippen molar-refractivity contribution in [3.8, 4) is 0 Å². The van der Waals surface area contributed by atoms with Gasteiger partial charge in [-0.3, -0.25) is 4.90 Å². The molecule has 1 saturated carbocycles. The molecule has 1 aliphatic carbocycles. The Labute approximate surface area is 114 Å². The Hall–Kier alpha value is -0.380. The van der Waals surface area contributed by atoms with Crippen LogP contribution in [0.5, 0.6) is 0 Å². The Kier molecular flexibility index (Phi) is 3.73. The zero-order chi connectivity index (χ0) is 12.4. The van der Waals surface area contributed by atoms with Gasteiger partial charge >= 0.3 is 0 Å². The van der Waals surface area contributed by atoms with E-state index in [4.69, 9.17) is 0 Å². The van der Waals surface area contributed by atoms with Crippen LogP contribution < -0.4 is 5.32 Å². The van der Waals surface area contributed by atoms with E-state index in [1.54, 1.807) is 0 Å². The van der Waals surface area contributed by atoms with Gasteiger partial charge in [0.05, 0.1) is 0 Å². The minimum absolute atomic E-state index is 0.445. The van der Waals surface area contributed by atoms with E-state index in [9.17, 15) is 0 Å². The molecule has 0 bridgehead atoms. The first-order valence-electron chi connectivity index (χ1n) is 7.27. The first-order valence-corrected chi connectivity index (χ1v) is 8.21. The lowest BCUT2D eigenvalue weighted by Gasteiger charge is -2.46. The smallest absolute Gasteiger partial charge is 0.0309 e. The summed E-state index contributed by atoms with van der Waals surface area (Å²) in [5, 5.41) is 8.42. The molecule has 2 heterocycles. The van der Waals surface area contributed by atoms with Crippen LogP contribution in [0.3, 0.4) is 0 Å². The predicted molar refractivity (Wildman–Crippen MR) is 78.2 cm³/mol. The van der Waals surface area contributed by atoms with E-state index in [1.165, 1.54) is 62.9 Å². The number of rotatable bonds is 2. The average molecular weight is 264 g/mol. The van der Waals surface area contributed by atoms with Crippen molar-refractivity contribution in [1.82, 2.24) is 10.2 Å². The zero-order valence-electron chi connectivity index (χ0n) is 11.4. The molecule has 1 aliphatic heterocycles. The van der Waals surface area contributed by atoms with Gasteiger partial charge < -0.3 is 5.32 Å². The molecule has 0 aromatic carbocycles. The largest absolute Gasteiger partial charge is 0.309 e. The SMILES string of the molecule is Cc1cscc1CN1CCNC2(CCCCC2)C1. The van der Waals surface area contributed by atoms with E-state index in [-0.39, 0.29) is 0 Å². The van der Waals surface area contributed by atoms with Crippen molar-refractivity contribution >= 4 is 11.3 Å². The second-order valence-corrected chi connectivity index (χ2v) is 6.80. The minimum Gasteiger partial charge on any atom is -0.309 e. The van der Waals surface area contributed by atoms with Crippen LogP contribution >= 0.6 is 11.3 Å². The standard InChI is InChI=1S/C15H24N2S/c1-13-10-18-11-14(13)9-17-8-7-16-15(12-17)5-3-2-4-6-15/h10-11,16H,2-9,12H2,1H3. The van der Waals surface area contributed by atoms with Gasteiger partial charge in [0, 0.05) is 31.7 Å². The van der Waals surface area contributed by atoms with Crippen LogP contribution in [0, 0.1) is 6.92 Å². The first kappa shape index (κ1) is 12.6. The normalized spacial score (nSPS) is 24.5. The molecule has 3 rings (SSSR count). The second-order valence-electron chi connectivity index (χ2n) is 6.06. The number of nitrogens with one attached hydrogen (secondary N) is 1.